The molecule has 0 aromatic carbocycles. The third-order valence-electron chi connectivity index (χ3n) is 1.39. The third kappa shape index (κ3) is 3.65. The number of carbonyl (C=O) groups is 2. The molecule has 0 aliphatic carbocycles. The lowest BCUT2D eigenvalue weighted by atomic mass is 10.5. The van der Waals surface area contributed by atoms with E-state index in [2.05, 4.69) is 5.10 Å². The number of hydrogen-bond acceptors (Lipinski definition) is 4. The number of nitrogens with zero attached hydrogens (tertiary/aromatic N) is 2. The summed E-state index contributed by atoms with van der Waals surface area (Å²) in [7, 11) is 0. The summed E-state index contributed by atoms with van der Waals surface area (Å²) in [4.78, 5) is 32.6. The number of halogens is 1. The first-order valence-electron chi connectivity index (χ1n) is 3.81. The molecule has 80 valence electrons. The zero-order chi connectivity index (χ0) is 11.4. The van der Waals surface area contributed by atoms with Gasteiger partial charge in [0.1, 0.15) is 6.54 Å². The second-order valence-corrected chi connectivity index (χ2v) is 3.83. The highest BCUT2D eigenvalue weighted by atomic mass is 127. The van der Waals surface area contributed by atoms with E-state index in [1.807, 2.05) is 27.9 Å². The number of aromatic nitrogens is 2. The first kappa shape index (κ1) is 11.6. The number of urea groups is 1. The zero-order valence-electron chi connectivity index (χ0n) is 7.44. The Hall–Kier alpha value is -1.45. The first-order chi connectivity index (χ1) is 6.99. The molecule has 0 spiro atoms. The van der Waals surface area contributed by atoms with Crippen molar-refractivity contribution < 1.29 is 9.59 Å². The van der Waals surface area contributed by atoms with Gasteiger partial charge in [-0.25, -0.2) is 9.48 Å². The van der Waals surface area contributed by atoms with Crippen molar-refractivity contribution in [2.24, 2.45) is 5.73 Å². The lowest BCUT2D eigenvalue weighted by Gasteiger charge is -2.02. The van der Waals surface area contributed by atoms with Crippen molar-refractivity contribution in [1.29, 1.82) is 0 Å². The van der Waals surface area contributed by atoms with E-state index < -0.39 is 17.5 Å². The fraction of sp³-hybridized carbons (Fsp3) is 0.143. The molecular weight excluding hydrogens is 315 g/mol. The molecule has 15 heavy (non-hydrogen) atoms. The monoisotopic (exact) mass is 322 g/mol. The maximum atomic E-state index is 11.3. The molecule has 7 nitrogen and oxygen atoms in total. The second kappa shape index (κ2) is 4.87. The summed E-state index contributed by atoms with van der Waals surface area (Å²) >= 11 is 1.93. The van der Waals surface area contributed by atoms with Crippen LogP contribution >= 0.6 is 22.6 Å². The van der Waals surface area contributed by atoms with Gasteiger partial charge in [-0.05, 0) is 22.6 Å². The molecule has 0 saturated heterocycles. The molecule has 0 aliphatic rings. The molecule has 8 heteroatoms. The van der Waals surface area contributed by atoms with E-state index in [0.717, 1.165) is 4.68 Å². The molecule has 3 amide bonds. The Kier molecular flexibility index (Phi) is 3.77. The van der Waals surface area contributed by atoms with E-state index in [-0.39, 0.29) is 6.54 Å². The number of primary amides is 1. The van der Waals surface area contributed by atoms with Gasteiger partial charge in [-0.1, -0.05) is 0 Å². The molecule has 1 aromatic rings. The van der Waals surface area contributed by atoms with Crippen molar-refractivity contribution in [3.63, 3.8) is 0 Å². The van der Waals surface area contributed by atoms with Crippen LogP contribution in [0, 0.1) is 3.57 Å². The van der Waals surface area contributed by atoms with Gasteiger partial charge >= 0.3 is 6.03 Å². The first-order valence-corrected chi connectivity index (χ1v) is 4.89. The molecule has 0 saturated carbocycles. The molecule has 1 heterocycles. The highest BCUT2D eigenvalue weighted by molar-refractivity contribution is 14.1. The Bertz CT molecular complexity index is 456. The molecule has 0 unspecified atom stereocenters. The average molecular weight is 322 g/mol. The molecule has 0 radical (unpaired) electrons. The number of amides is 3. The van der Waals surface area contributed by atoms with Crippen molar-refractivity contribution in [2.45, 2.75) is 6.54 Å². The number of hydrogen-bond donors (Lipinski definition) is 2. The van der Waals surface area contributed by atoms with Crippen LogP contribution in [-0.4, -0.2) is 21.7 Å². The summed E-state index contributed by atoms with van der Waals surface area (Å²) in [6.45, 7) is -0.335. The summed E-state index contributed by atoms with van der Waals surface area (Å²) in [6.07, 6.45) is 1.43. The number of nitrogens with two attached hydrogens (primary N) is 1. The van der Waals surface area contributed by atoms with Gasteiger partial charge in [-0.15, -0.1) is 0 Å². The zero-order valence-corrected chi connectivity index (χ0v) is 9.59. The number of rotatable bonds is 2. The van der Waals surface area contributed by atoms with Crippen LogP contribution in [0.2, 0.25) is 0 Å². The fourth-order valence-electron chi connectivity index (χ4n) is 0.843. The van der Waals surface area contributed by atoms with Crippen LogP contribution in [0.1, 0.15) is 0 Å². The van der Waals surface area contributed by atoms with Crippen molar-refractivity contribution in [1.82, 2.24) is 15.1 Å². The van der Waals surface area contributed by atoms with E-state index >= 15 is 0 Å². The van der Waals surface area contributed by atoms with Crippen LogP contribution in [0.4, 0.5) is 4.79 Å². The normalized spacial score (nSPS) is 9.67. The molecule has 3 N–H and O–H groups in total. The standard InChI is InChI=1S/C7H7IN4O3/c8-4-1-6(14)12(10-2-4)3-5(13)11-7(9)15/h1-2H,3H2,(H3,9,11,13,15). The predicted octanol–water partition coefficient (Wildman–Crippen LogP) is -0.957. The maximum absolute atomic E-state index is 11.3. The van der Waals surface area contributed by atoms with Crippen molar-refractivity contribution in [2.75, 3.05) is 0 Å². The van der Waals surface area contributed by atoms with Crippen LogP contribution in [0.15, 0.2) is 17.1 Å². The van der Waals surface area contributed by atoms with Crippen molar-refractivity contribution in [3.8, 4) is 0 Å². The smallest absolute Gasteiger partial charge is 0.318 e. The van der Waals surface area contributed by atoms with Crippen LogP contribution in [-0.2, 0) is 11.3 Å². The van der Waals surface area contributed by atoms with Crippen LogP contribution in [0.25, 0.3) is 0 Å². The quantitative estimate of drug-likeness (QED) is 0.684. The van der Waals surface area contributed by atoms with E-state index in [0.29, 0.717) is 3.57 Å². The highest BCUT2D eigenvalue weighted by Crippen LogP contribution is 1.95. The SMILES string of the molecule is NC(=O)NC(=O)Cn1ncc(I)cc1=O. The van der Waals surface area contributed by atoms with Gasteiger partial charge in [0, 0.05) is 9.64 Å². The van der Waals surface area contributed by atoms with E-state index in [1.54, 1.807) is 0 Å². The Morgan fingerprint density at radius 1 is 1.60 bits per heavy atom. The third-order valence-corrected chi connectivity index (χ3v) is 1.98. The number of nitrogens with one attached hydrogen (secondary N) is 1. The highest BCUT2D eigenvalue weighted by Gasteiger charge is 2.07. The molecule has 1 rings (SSSR count). The van der Waals surface area contributed by atoms with Gasteiger partial charge in [-0.3, -0.25) is 14.9 Å². The Morgan fingerprint density at radius 2 is 2.27 bits per heavy atom. The minimum absolute atomic E-state index is 0.335. The summed E-state index contributed by atoms with van der Waals surface area (Å²) < 4.78 is 1.60. The molecule has 0 aliphatic heterocycles. The molecule has 0 fully saturated rings. The Labute approximate surface area is 97.8 Å². The van der Waals surface area contributed by atoms with Crippen molar-refractivity contribution in [3.05, 3.63) is 26.2 Å². The lowest BCUT2D eigenvalue weighted by molar-refractivity contribution is -0.120. The van der Waals surface area contributed by atoms with Gasteiger partial charge in [0.2, 0.25) is 5.91 Å². The lowest BCUT2D eigenvalue weighted by Crippen LogP contribution is -2.39. The van der Waals surface area contributed by atoms with Crippen LogP contribution in [0.5, 0.6) is 0 Å². The predicted molar refractivity (Wildman–Crippen MR) is 58.9 cm³/mol. The Balaban J connectivity index is 2.77. The number of carbonyl (C=O) groups excluding carboxylic acids is 2. The summed E-state index contributed by atoms with van der Waals surface area (Å²) in [5.41, 5.74) is 4.31. The van der Waals surface area contributed by atoms with Gasteiger partial charge in [0.15, 0.2) is 0 Å². The molecule has 0 atom stereocenters. The van der Waals surface area contributed by atoms with Crippen molar-refractivity contribution >= 4 is 34.5 Å². The van der Waals surface area contributed by atoms with Crippen LogP contribution < -0.4 is 16.6 Å². The maximum Gasteiger partial charge on any atom is 0.318 e. The summed E-state index contributed by atoms with van der Waals surface area (Å²) in [5.74, 6) is -0.682. The largest absolute Gasteiger partial charge is 0.351 e. The number of imide groups is 1. The Morgan fingerprint density at radius 3 is 2.80 bits per heavy atom. The topological polar surface area (TPSA) is 107 Å². The van der Waals surface area contributed by atoms with E-state index in [4.69, 9.17) is 5.73 Å². The van der Waals surface area contributed by atoms with E-state index in [1.165, 1.54) is 12.3 Å². The van der Waals surface area contributed by atoms with Gasteiger partial charge in [0.05, 0.1) is 6.20 Å². The minimum atomic E-state index is -0.960. The fourth-order valence-corrected chi connectivity index (χ4v) is 1.23. The minimum Gasteiger partial charge on any atom is -0.351 e. The van der Waals surface area contributed by atoms with Gasteiger partial charge in [-0.2, -0.15) is 5.10 Å². The van der Waals surface area contributed by atoms with Gasteiger partial charge in [0.25, 0.3) is 5.56 Å². The molecule has 0 bridgehead atoms. The molecule has 1 aromatic heterocycles. The summed E-state index contributed by atoms with van der Waals surface area (Å²) in [6, 6.07) is 0.365. The van der Waals surface area contributed by atoms with Gasteiger partial charge < -0.3 is 5.73 Å². The average Bonchev–Trinajstić information content (AvgIpc) is 2.08. The second-order valence-electron chi connectivity index (χ2n) is 2.58. The van der Waals surface area contributed by atoms with E-state index in [9.17, 15) is 14.4 Å². The molecular formula is C7H7IN4O3. The van der Waals surface area contributed by atoms with Crippen LogP contribution in [0.3, 0.4) is 0 Å². The summed E-state index contributed by atoms with van der Waals surface area (Å²) in [5, 5.41) is 5.54.